The summed E-state index contributed by atoms with van der Waals surface area (Å²) in [5.41, 5.74) is 0. The fourth-order valence-electron chi connectivity index (χ4n) is 1.11. The van der Waals surface area contributed by atoms with Crippen LogP contribution in [0.25, 0.3) is 0 Å². The molecule has 0 aliphatic heterocycles. The molecule has 0 bridgehead atoms. The summed E-state index contributed by atoms with van der Waals surface area (Å²) in [7, 11) is -0.536. The van der Waals surface area contributed by atoms with E-state index in [1.54, 1.807) is 6.82 Å². The van der Waals surface area contributed by atoms with Gasteiger partial charge in [0.15, 0.2) is 0 Å². The van der Waals surface area contributed by atoms with Gasteiger partial charge < -0.3 is 15.4 Å². The van der Waals surface area contributed by atoms with E-state index in [-0.39, 0.29) is 12.6 Å². The number of rotatable bonds is 5. The normalized spacial score (nSPS) is 13.6. The van der Waals surface area contributed by atoms with Gasteiger partial charge in [0.05, 0.1) is 6.61 Å². The fourth-order valence-corrected chi connectivity index (χ4v) is 1.11. The van der Waals surface area contributed by atoms with Crippen LogP contribution in [0, 0.1) is 5.92 Å². The highest BCUT2D eigenvalue weighted by molar-refractivity contribution is 6.45. The van der Waals surface area contributed by atoms with E-state index in [9.17, 15) is 0 Å². The summed E-state index contributed by atoms with van der Waals surface area (Å²) in [6.45, 7) is 5.92. The van der Waals surface area contributed by atoms with Gasteiger partial charge >= 0.3 is 7.05 Å². The Morgan fingerprint density at radius 1 is 1.45 bits per heavy atom. The molecule has 0 heterocycles. The van der Waals surface area contributed by atoms with Crippen molar-refractivity contribution in [3.05, 3.63) is 0 Å². The van der Waals surface area contributed by atoms with E-state index >= 15 is 0 Å². The van der Waals surface area contributed by atoms with Gasteiger partial charge in [-0.1, -0.05) is 13.8 Å². The third-order valence-electron chi connectivity index (χ3n) is 1.45. The summed E-state index contributed by atoms with van der Waals surface area (Å²) in [6.07, 6.45) is 0.890. The van der Waals surface area contributed by atoms with Crippen LogP contribution in [0.15, 0.2) is 0 Å². The minimum atomic E-state index is -0.536. The molecule has 0 rings (SSSR count). The molecule has 0 saturated carbocycles. The van der Waals surface area contributed by atoms with E-state index in [0.29, 0.717) is 5.92 Å². The van der Waals surface area contributed by atoms with Crippen LogP contribution in [-0.4, -0.2) is 29.8 Å². The van der Waals surface area contributed by atoms with Crippen molar-refractivity contribution in [2.24, 2.45) is 5.92 Å². The molecule has 0 aliphatic carbocycles. The van der Waals surface area contributed by atoms with Crippen molar-refractivity contribution in [3.63, 3.8) is 0 Å². The fraction of sp³-hybridized carbons (Fsp3) is 1.00. The third-order valence-corrected chi connectivity index (χ3v) is 1.45. The molecule has 4 heteroatoms. The van der Waals surface area contributed by atoms with Gasteiger partial charge in [-0.3, -0.25) is 0 Å². The third kappa shape index (κ3) is 6.35. The Labute approximate surface area is 68.9 Å². The van der Waals surface area contributed by atoms with Crippen LogP contribution in [0.1, 0.15) is 20.3 Å². The highest BCUT2D eigenvalue weighted by Crippen LogP contribution is 2.03. The molecule has 0 fully saturated rings. The van der Waals surface area contributed by atoms with Crippen LogP contribution in [0.3, 0.4) is 0 Å². The molecule has 0 saturated heterocycles. The molecule has 0 aromatic heterocycles. The van der Waals surface area contributed by atoms with Crippen LogP contribution in [0.2, 0.25) is 6.82 Å². The van der Waals surface area contributed by atoms with Crippen LogP contribution >= 0.6 is 0 Å². The molecule has 3 nitrogen and oxygen atoms in total. The van der Waals surface area contributed by atoms with E-state index in [4.69, 9.17) is 10.1 Å². The lowest BCUT2D eigenvalue weighted by molar-refractivity contribution is 0.236. The maximum Gasteiger partial charge on any atom is 0.373 e. The molecular weight excluding hydrogens is 141 g/mol. The second-order valence-electron chi connectivity index (χ2n) is 3.35. The highest BCUT2D eigenvalue weighted by atomic mass is 16.3. The van der Waals surface area contributed by atoms with Crippen LogP contribution in [-0.2, 0) is 0 Å². The molecular formula is C7H18BNO2. The molecule has 11 heavy (non-hydrogen) atoms. The van der Waals surface area contributed by atoms with Crippen molar-refractivity contribution < 1.29 is 10.1 Å². The lowest BCUT2D eigenvalue weighted by Gasteiger charge is -2.18. The molecule has 3 N–H and O–H groups in total. The summed E-state index contributed by atoms with van der Waals surface area (Å²) >= 11 is 0. The Morgan fingerprint density at radius 3 is 2.27 bits per heavy atom. The SMILES string of the molecule is CB(O)N[C@H](CO)CC(C)C. The summed E-state index contributed by atoms with van der Waals surface area (Å²) in [6, 6.07) is 0.0231. The van der Waals surface area contributed by atoms with Crippen molar-refractivity contribution in [1.29, 1.82) is 0 Å². The first-order valence-electron chi connectivity index (χ1n) is 4.11. The van der Waals surface area contributed by atoms with Gasteiger partial charge in [-0.2, -0.15) is 0 Å². The maximum absolute atomic E-state index is 8.94. The minimum absolute atomic E-state index is 0.0231. The molecule has 0 amide bonds. The average molecular weight is 159 g/mol. The Bertz CT molecular complexity index is 88.4. The van der Waals surface area contributed by atoms with Crippen LogP contribution < -0.4 is 5.23 Å². The second-order valence-corrected chi connectivity index (χ2v) is 3.35. The molecule has 1 atom stereocenters. The van der Waals surface area contributed by atoms with Gasteiger partial charge in [0.25, 0.3) is 0 Å². The molecule has 0 aromatic carbocycles. The number of hydrogen-bond donors (Lipinski definition) is 3. The van der Waals surface area contributed by atoms with E-state index in [1.807, 2.05) is 0 Å². The average Bonchev–Trinajstić information content (AvgIpc) is 1.84. The first kappa shape index (κ1) is 10.9. The second kappa shape index (κ2) is 5.58. The first-order chi connectivity index (χ1) is 5.06. The Kier molecular flexibility index (Phi) is 5.55. The van der Waals surface area contributed by atoms with Crippen molar-refractivity contribution in [2.75, 3.05) is 6.61 Å². The smallest absolute Gasteiger partial charge is 0.373 e. The molecule has 0 radical (unpaired) electrons. The minimum Gasteiger partial charge on any atom is -0.437 e. The van der Waals surface area contributed by atoms with Gasteiger partial charge in [0, 0.05) is 6.04 Å². The van der Waals surface area contributed by atoms with Gasteiger partial charge in [0.1, 0.15) is 0 Å². The zero-order valence-electron chi connectivity index (χ0n) is 7.54. The summed E-state index contributed by atoms with van der Waals surface area (Å²) in [4.78, 5) is 0. The zero-order valence-corrected chi connectivity index (χ0v) is 7.54. The molecule has 66 valence electrons. The van der Waals surface area contributed by atoms with Crippen molar-refractivity contribution in [1.82, 2.24) is 5.23 Å². The topological polar surface area (TPSA) is 52.5 Å². The van der Waals surface area contributed by atoms with Crippen molar-refractivity contribution >= 4 is 7.05 Å². The number of aliphatic hydroxyl groups is 1. The lowest BCUT2D eigenvalue weighted by Crippen LogP contribution is -2.42. The van der Waals surface area contributed by atoms with Gasteiger partial charge in [-0.25, -0.2) is 0 Å². The number of aliphatic hydroxyl groups excluding tert-OH is 1. The quantitative estimate of drug-likeness (QED) is 0.498. The highest BCUT2D eigenvalue weighted by Gasteiger charge is 2.12. The van der Waals surface area contributed by atoms with Crippen LogP contribution in [0.5, 0.6) is 0 Å². The monoisotopic (exact) mass is 159 g/mol. The molecule has 0 spiro atoms. The van der Waals surface area contributed by atoms with Gasteiger partial charge in [-0.15, -0.1) is 0 Å². The number of hydrogen-bond acceptors (Lipinski definition) is 3. The van der Waals surface area contributed by atoms with Crippen molar-refractivity contribution in [2.45, 2.75) is 33.1 Å². The standard InChI is InChI=1S/C7H18BNO2/c1-6(2)4-7(5-10)9-8(3)11/h6-7,9-11H,4-5H2,1-3H3/t7-/m0/s1. The van der Waals surface area contributed by atoms with E-state index in [1.165, 1.54) is 0 Å². The Hall–Kier alpha value is -0.0551. The van der Waals surface area contributed by atoms with E-state index in [2.05, 4.69) is 19.1 Å². The lowest BCUT2D eigenvalue weighted by atomic mass is 9.86. The molecule has 0 unspecified atom stereocenters. The Morgan fingerprint density at radius 2 is 2.00 bits per heavy atom. The van der Waals surface area contributed by atoms with Crippen molar-refractivity contribution in [3.8, 4) is 0 Å². The summed E-state index contributed by atoms with van der Waals surface area (Å²) < 4.78 is 0. The Balaban J connectivity index is 3.58. The predicted octanol–water partition coefficient (Wildman–Crippen LogP) is 0.0933. The van der Waals surface area contributed by atoms with Gasteiger partial charge in [-0.05, 0) is 19.2 Å². The number of nitrogens with one attached hydrogen (secondary N) is 1. The first-order valence-corrected chi connectivity index (χ1v) is 4.11. The maximum atomic E-state index is 8.94. The van der Waals surface area contributed by atoms with Crippen LogP contribution in [0.4, 0.5) is 0 Å². The zero-order chi connectivity index (χ0) is 8.85. The molecule has 0 aliphatic rings. The predicted molar refractivity (Wildman–Crippen MR) is 47.3 cm³/mol. The summed E-state index contributed by atoms with van der Waals surface area (Å²) in [5, 5.41) is 20.7. The largest absolute Gasteiger partial charge is 0.437 e. The van der Waals surface area contributed by atoms with Gasteiger partial charge in [0.2, 0.25) is 0 Å². The summed E-state index contributed by atoms with van der Waals surface area (Å²) in [5.74, 6) is 0.540. The van der Waals surface area contributed by atoms with E-state index < -0.39 is 7.05 Å². The van der Waals surface area contributed by atoms with E-state index in [0.717, 1.165) is 6.42 Å². The molecule has 0 aromatic rings.